The molecule has 0 saturated carbocycles. The first kappa shape index (κ1) is 24.0. The Morgan fingerprint density at radius 3 is 2.37 bits per heavy atom. The zero-order valence-corrected chi connectivity index (χ0v) is 19.6. The molecule has 0 aromatic carbocycles. The predicted molar refractivity (Wildman–Crippen MR) is 124 cm³/mol. The molecule has 0 bridgehead atoms. The highest BCUT2D eigenvalue weighted by atomic mass is 16.5. The van der Waals surface area contributed by atoms with Gasteiger partial charge in [-0.2, -0.15) is 0 Å². The zero-order chi connectivity index (χ0) is 22.3. The second-order valence-electron chi connectivity index (χ2n) is 8.01. The summed E-state index contributed by atoms with van der Waals surface area (Å²) >= 11 is 0. The van der Waals surface area contributed by atoms with Gasteiger partial charge < -0.3 is 9.84 Å². The van der Waals surface area contributed by atoms with Gasteiger partial charge in [0.25, 0.3) is 0 Å². The normalized spacial score (nSPS) is 13.0. The highest BCUT2D eigenvalue weighted by Crippen LogP contribution is 2.33. The first-order valence-corrected chi connectivity index (χ1v) is 11.2. The number of ether oxygens (including phenoxy) is 1. The third kappa shape index (κ3) is 5.66. The molecule has 2 heterocycles. The maximum atomic E-state index is 9.55. The van der Waals surface area contributed by atoms with Crippen LogP contribution in [0.2, 0.25) is 0 Å². The zero-order valence-electron chi connectivity index (χ0n) is 19.6. The van der Waals surface area contributed by atoms with Gasteiger partial charge in [0.05, 0.1) is 35.1 Å². The molecule has 2 rings (SSSR count). The molecule has 0 aliphatic rings. The van der Waals surface area contributed by atoms with E-state index in [9.17, 15) is 5.11 Å². The molecule has 5 nitrogen and oxygen atoms in total. The fraction of sp³-hybridized carbons (Fsp3) is 0.560. The van der Waals surface area contributed by atoms with Gasteiger partial charge in [-0.3, -0.25) is 0 Å². The summed E-state index contributed by atoms with van der Waals surface area (Å²) in [4.78, 5) is 14.7. The summed E-state index contributed by atoms with van der Waals surface area (Å²) in [6, 6.07) is 3.94. The van der Waals surface area contributed by atoms with E-state index in [0.717, 1.165) is 53.3 Å². The lowest BCUT2D eigenvalue weighted by Crippen LogP contribution is -2.11. The minimum Gasteiger partial charge on any atom is -0.478 e. The Labute approximate surface area is 181 Å². The Morgan fingerprint density at radius 2 is 1.80 bits per heavy atom. The molecule has 2 aromatic rings. The van der Waals surface area contributed by atoms with Gasteiger partial charge in [-0.05, 0) is 63.5 Å². The molecule has 0 fully saturated rings. The Morgan fingerprint density at radius 1 is 1.07 bits per heavy atom. The van der Waals surface area contributed by atoms with Crippen LogP contribution < -0.4 is 4.74 Å². The van der Waals surface area contributed by atoms with Crippen molar-refractivity contribution in [1.82, 2.24) is 15.0 Å². The Bertz CT molecular complexity index is 875. The summed E-state index contributed by atoms with van der Waals surface area (Å²) in [5.74, 6) is 1.32. The van der Waals surface area contributed by atoms with Crippen LogP contribution in [0.3, 0.4) is 0 Å². The van der Waals surface area contributed by atoms with Crippen molar-refractivity contribution in [3.63, 3.8) is 0 Å². The molecule has 164 valence electrons. The van der Waals surface area contributed by atoms with E-state index in [0.29, 0.717) is 18.4 Å². The average molecular weight is 412 g/mol. The highest BCUT2D eigenvalue weighted by Gasteiger charge is 2.21. The molecule has 2 aromatic heterocycles. The quantitative estimate of drug-likeness (QED) is 0.554. The molecule has 0 spiro atoms. The van der Waals surface area contributed by atoms with E-state index >= 15 is 0 Å². The van der Waals surface area contributed by atoms with E-state index in [1.54, 1.807) is 0 Å². The molecular formula is C25H37N3O2. The second kappa shape index (κ2) is 11.2. The monoisotopic (exact) mass is 411 g/mol. The topological polar surface area (TPSA) is 68.1 Å². The molecular weight excluding hydrogens is 374 g/mol. The van der Waals surface area contributed by atoms with Crippen molar-refractivity contribution in [3.05, 3.63) is 41.0 Å². The molecule has 0 amide bonds. The third-order valence-corrected chi connectivity index (χ3v) is 5.27. The minimum atomic E-state index is 0.176. The summed E-state index contributed by atoms with van der Waals surface area (Å²) in [5, 5.41) is 9.55. The molecule has 0 aliphatic carbocycles. The largest absolute Gasteiger partial charge is 0.478 e. The van der Waals surface area contributed by atoms with Gasteiger partial charge in [0.2, 0.25) is 5.88 Å². The minimum absolute atomic E-state index is 0.176. The Hall–Kier alpha value is -2.27. The van der Waals surface area contributed by atoms with Crippen LogP contribution in [0.1, 0.15) is 70.2 Å². The smallest absolute Gasteiger partial charge is 0.213 e. The van der Waals surface area contributed by atoms with Crippen molar-refractivity contribution in [3.8, 4) is 17.1 Å². The van der Waals surface area contributed by atoms with Crippen LogP contribution in [0.15, 0.2) is 18.2 Å². The molecule has 0 radical (unpaired) electrons. The first-order chi connectivity index (χ1) is 14.4. The Kier molecular flexibility index (Phi) is 8.97. The number of aromatic nitrogens is 3. The maximum Gasteiger partial charge on any atom is 0.213 e. The van der Waals surface area contributed by atoms with Crippen molar-refractivity contribution >= 4 is 5.57 Å². The highest BCUT2D eigenvalue weighted by molar-refractivity contribution is 5.70. The molecule has 0 unspecified atom stereocenters. The van der Waals surface area contributed by atoms with Gasteiger partial charge in [0, 0.05) is 18.2 Å². The van der Waals surface area contributed by atoms with Gasteiger partial charge in [-0.15, -0.1) is 0 Å². The maximum absolute atomic E-state index is 9.55. The lowest BCUT2D eigenvalue weighted by Gasteiger charge is -2.21. The van der Waals surface area contributed by atoms with Crippen molar-refractivity contribution in [2.45, 2.75) is 67.7 Å². The number of nitrogens with zero attached hydrogens (tertiary/aromatic N) is 3. The number of rotatable bonds is 10. The van der Waals surface area contributed by atoms with E-state index in [2.05, 4.69) is 38.8 Å². The standard InChI is InChI=1S/C25H37N3O2/c1-8-19(13-14-29)21(15-16(4)5)25-18(7)26-24(17(6)27-25)20-11-12-23(30-10-3)28-22(20)9-2/h11-12,15-16,19,29H,8-10,13-14H2,1-7H3/b21-15-/t19-/m1/s1. The van der Waals surface area contributed by atoms with Crippen molar-refractivity contribution < 1.29 is 9.84 Å². The fourth-order valence-corrected chi connectivity index (χ4v) is 3.83. The molecule has 1 N–H and O–H groups in total. The summed E-state index contributed by atoms with van der Waals surface area (Å²) in [6.45, 7) is 15.4. The van der Waals surface area contributed by atoms with Crippen molar-refractivity contribution in [2.24, 2.45) is 11.8 Å². The van der Waals surface area contributed by atoms with Crippen molar-refractivity contribution in [1.29, 1.82) is 0 Å². The van der Waals surface area contributed by atoms with Crippen LogP contribution >= 0.6 is 0 Å². The molecule has 5 heteroatoms. The predicted octanol–water partition coefficient (Wildman–Crippen LogP) is 5.56. The van der Waals surface area contributed by atoms with E-state index in [4.69, 9.17) is 14.7 Å². The van der Waals surface area contributed by atoms with E-state index in [-0.39, 0.29) is 12.5 Å². The lowest BCUT2D eigenvalue weighted by molar-refractivity contribution is 0.270. The number of allylic oxidation sites excluding steroid dienone is 2. The van der Waals surface area contributed by atoms with Gasteiger partial charge in [0.1, 0.15) is 0 Å². The van der Waals surface area contributed by atoms with Gasteiger partial charge in [0.15, 0.2) is 0 Å². The van der Waals surface area contributed by atoms with Crippen LogP contribution in [0.5, 0.6) is 5.88 Å². The van der Waals surface area contributed by atoms with Gasteiger partial charge in [-0.1, -0.05) is 33.8 Å². The van der Waals surface area contributed by atoms with Crippen LogP contribution in [-0.2, 0) is 6.42 Å². The van der Waals surface area contributed by atoms with E-state index in [1.807, 2.05) is 32.9 Å². The molecule has 0 saturated heterocycles. The van der Waals surface area contributed by atoms with Crippen LogP contribution in [0, 0.1) is 25.7 Å². The lowest BCUT2D eigenvalue weighted by atomic mass is 9.87. The van der Waals surface area contributed by atoms with Gasteiger partial charge >= 0.3 is 0 Å². The first-order valence-electron chi connectivity index (χ1n) is 11.2. The van der Waals surface area contributed by atoms with Crippen molar-refractivity contribution in [2.75, 3.05) is 13.2 Å². The Balaban J connectivity index is 2.58. The average Bonchev–Trinajstić information content (AvgIpc) is 2.72. The fourth-order valence-electron chi connectivity index (χ4n) is 3.83. The van der Waals surface area contributed by atoms with E-state index in [1.165, 1.54) is 5.57 Å². The number of hydrogen-bond donors (Lipinski definition) is 1. The number of aliphatic hydroxyl groups is 1. The van der Waals surface area contributed by atoms with Crippen LogP contribution in [0.4, 0.5) is 0 Å². The summed E-state index contributed by atoms with van der Waals surface area (Å²) in [7, 11) is 0. The number of aliphatic hydroxyl groups excluding tert-OH is 1. The third-order valence-electron chi connectivity index (χ3n) is 5.27. The van der Waals surface area contributed by atoms with Crippen LogP contribution in [-0.4, -0.2) is 33.3 Å². The number of pyridine rings is 1. The summed E-state index contributed by atoms with van der Waals surface area (Å²) in [6.07, 6.45) is 4.77. The SMILES string of the molecule is CCOc1ccc(-c2nc(C)c(/C(=C\C(C)C)[C@H](CC)CCO)nc2C)c(CC)n1. The molecule has 0 aliphatic heterocycles. The molecule has 1 atom stereocenters. The second-order valence-corrected chi connectivity index (χ2v) is 8.01. The van der Waals surface area contributed by atoms with Gasteiger partial charge in [-0.25, -0.2) is 15.0 Å². The summed E-state index contributed by atoms with van der Waals surface area (Å²) in [5.41, 5.74) is 6.80. The van der Waals surface area contributed by atoms with Crippen LogP contribution in [0.25, 0.3) is 16.8 Å². The molecule has 30 heavy (non-hydrogen) atoms. The number of aryl methyl sites for hydroxylation is 3. The van der Waals surface area contributed by atoms with E-state index < -0.39 is 0 Å². The summed E-state index contributed by atoms with van der Waals surface area (Å²) < 4.78 is 5.57. The number of hydrogen-bond acceptors (Lipinski definition) is 5.